The molecule has 0 N–H and O–H groups in total. The Bertz CT molecular complexity index is 510. The summed E-state index contributed by atoms with van der Waals surface area (Å²) in [6.07, 6.45) is -15.0. The first kappa shape index (κ1) is 20.3. The van der Waals surface area contributed by atoms with Crippen LogP contribution in [0.15, 0.2) is 12.2 Å². The lowest BCUT2D eigenvalue weighted by molar-refractivity contribution is -0.385. The van der Waals surface area contributed by atoms with Crippen LogP contribution < -0.4 is 0 Å². The number of esters is 2. The van der Waals surface area contributed by atoms with E-state index in [2.05, 4.69) is 20.8 Å². The van der Waals surface area contributed by atoms with Gasteiger partial charge in [-0.25, -0.2) is 9.59 Å². The zero-order chi connectivity index (χ0) is 18.9. The van der Waals surface area contributed by atoms with Crippen molar-refractivity contribution in [2.75, 3.05) is 6.61 Å². The van der Waals surface area contributed by atoms with Crippen LogP contribution in [0.1, 0.15) is 20.3 Å². The summed E-state index contributed by atoms with van der Waals surface area (Å²) >= 11 is 0. The lowest BCUT2D eigenvalue weighted by Crippen LogP contribution is -2.57. The number of alkyl halides is 6. The molecule has 138 valence electrons. The number of carbonyl (C=O) groups excluding carboxylic acids is 2. The fraction of sp³-hybridized carbons (Fsp3) is 0.692. The van der Waals surface area contributed by atoms with Crippen molar-refractivity contribution in [3.63, 3.8) is 0 Å². The minimum Gasteiger partial charge on any atom is -0.450 e. The van der Waals surface area contributed by atoms with E-state index in [4.69, 9.17) is 0 Å². The number of hydrogen-bond acceptors (Lipinski definition) is 5. The summed E-state index contributed by atoms with van der Waals surface area (Å²) in [5.41, 5.74) is -4.47. The Morgan fingerprint density at radius 3 is 2.08 bits per heavy atom. The molecule has 11 heteroatoms. The van der Waals surface area contributed by atoms with Gasteiger partial charge in [-0.15, -0.1) is 0 Å². The van der Waals surface area contributed by atoms with Crippen molar-refractivity contribution in [3.8, 4) is 0 Å². The van der Waals surface area contributed by atoms with E-state index >= 15 is 0 Å². The van der Waals surface area contributed by atoms with Gasteiger partial charge < -0.3 is 14.2 Å². The van der Waals surface area contributed by atoms with Gasteiger partial charge in [0, 0.05) is 17.9 Å². The summed E-state index contributed by atoms with van der Waals surface area (Å²) in [5, 5.41) is 0. The molecule has 1 aliphatic rings. The van der Waals surface area contributed by atoms with Crippen LogP contribution in [0.4, 0.5) is 26.3 Å². The average molecular weight is 364 g/mol. The summed E-state index contributed by atoms with van der Waals surface area (Å²) < 4.78 is 90.1. The Balaban J connectivity index is 2.80. The van der Waals surface area contributed by atoms with Crippen LogP contribution in [0.2, 0.25) is 0 Å². The van der Waals surface area contributed by atoms with Gasteiger partial charge in [0.25, 0.3) is 5.60 Å². The SMILES string of the molecule is C=C(C)C(=O)OCC(=O)OC1OC(C(F)(F)F)(C(F)(F)F)CC1C. The number of rotatable bonds is 4. The van der Waals surface area contributed by atoms with Gasteiger partial charge in [0.15, 0.2) is 6.61 Å². The maximum Gasteiger partial charge on any atom is 0.426 e. The topological polar surface area (TPSA) is 61.8 Å². The number of carbonyl (C=O) groups is 2. The molecule has 0 amide bonds. The van der Waals surface area contributed by atoms with Gasteiger partial charge >= 0.3 is 24.3 Å². The minimum absolute atomic E-state index is 0.0542. The molecule has 0 spiro atoms. The number of hydrogen-bond donors (Lipinski definition) is 0. The maximum atomic E-state index is 12.9. The normalized spacial score (nSPS) is 23.7. The first-order valence-corrected chi connectivity index (χ1v) is 6.54. The molecular formula is C13H14F6O5. The molecule has 1 saturated heterocycles. The van der Waals surface area contributed by atoms with Crippen molar-refractivity contribution in [3.05, 3.63) is 12.2 Å². The first-order chi connectivity index (χ1) is 10.7. The fourth-order valence-corrected chi connectivity index (χ4v) is 1.99. The second-order valence-electron chi connectivity index (χ2n) is 5.34. The van der Waals surface area contributed by atoms with Crippen LogP contribution in [-0.4, -0.2) is 42.8 Å². The Hall–Kier alpha value is -1.78. The highest BCUT2D eigenvalue weighted by molar-refractivity contribution is 5.88. The van der Waals surface area contributed by atoms with Crippen LogP contribution >= 0.6 is 0 Å². The third kappa shape index (κ3) is 4.00. The highest BCUT2D eigenvalue weighted by Gasteiger charge is 2.76. The van der Waals surface area contributed by atoms with Gasteiger partial charge in [-0.3, -0.25) is 0 Å². The van der Waals surface area contributed by atoms with Crippen LogP contribution in [0.25, 0.3) is 0 Å². The van der Waals surface area contributed by atoms with Crippen LogP contribution in [-0.2, 0) is 23.8 Å². The average Bonchev–Trinajstić information content (AvgIpc) is 2.73. The number of halogens is 6. The summed E-state index contributed by atoms with van der Waals surface area (Å²) in [4.78, 5) is 22.5. The summed E-state index contributed by atoms with van der Waals surface area (Å²) in [6, 6.07) is 0. The zero-order valence-electron chi connectivity index (χ0n) is 12.6. The van der Waals surface area contributed by atoms with Gasteiger partial charge in [0.2, 0.25) is 6.29 Å². The monoisotopic (exact) mass is 364 g/mol. The van der Waals surface area contributed by atoms with E-state index in [-0.39, 0.29) is 5.57 Å². The van der Waals surface area contributed by atoms with Gasteiger partial charge in [0.1, 0.15) is 0 Å². The van der Waals surface area contributed by atoms with E-state index in [1.54, 1.807) is 0 Å². The summed E-state index contributed by atoms with van der Waals surface area (Å²) in [5.74, 6) is -3.69. The molecule has 24 heavy (non-hydrogen) atoms. The molecule has 0 aliphatic carbocycles. The summed E-state index contributed by atoms with van der Waals surface area (Å²) in [7, 11) is 0. The van der Waals surface area contributed by atoms with Crippen molar-refractivity contribution in [2.24, 2.45) is 5.92 Å². The van der Waals surface area contributed by atoms with E-state index in [9.17, 15) is 35.9 Å². The highest BCUT2D eigenvalue weighted by atomic mass is 19.4. The van der Waals surface area contributed by atoms with E-state index < -0.39 is 55.1 Å². The molecule has 1 rings (SSSR count). The van der Waals surface area contributed by atoms with Gasteiger partial charge in [-0.2, -0.15) is 26.3 Å². The third-order valence-corrected chi connectivity index (χ3v) is 3.22. The Morgan fingerprint density at radius 2 is 1.71 bits per heavy atom. The molecule has 0 aromatic rings. The molecule has 1 fully saturated rings. The highest BCUT2D eigenvalue weighted by Crippen LogP contribution is 2.54. The molecular weight excluding hydrogens is 350 g/mol. The minimum atomic E-state index is -5.74. The second-order valence-corrected chi connectivity index (χ2v) is 5.34. The van der Waals surface area contributed by atoms with Crippen molar-refractivity contribution in [1.29, 1.82) is 0 Å². The number of ether oxygens (including phenoxy) is 3. The van der Waals surface area contributed by atoms with E-state index in [1.807, 2.05) is 0 Å². The van der Waals surface area contributed by atoms with E-state index in [0.29, 0.717) is 0 Å². The van der Waals surface area contributed by atoms with Gasteiger partial charge in [-0.05, 0) is 6.92 Å². The maximum absolute atomic E-state index is 12.9. The predicted molar refractivity (Wildman–Crippen MR) is 65.4 cm³/mol. The molecule has 0 radical (unpaired) electrons. The van der Waals surface area contributed by atoms with Crippen LogP contribution in [0.5, 0.6) is 0 Å². The van der Waals surface area contributed by atoms with Crippen LogP contribution in [0, 0.1) is 5.92 Å². The predicted octanol–water partition coefficient (Wildman–Crippen LogP) is 2.89. The zero-order valence-corrected chi connectivity index (χ0v) is 12.6. The van der Waals surface area contributed by atoms with E-state index in [0.717, 1.165) is 6.92 Å². The Labute approximate surface area is 132 Å². The molecule has 0 aromatic heterocycles. The smallest absolute Gasteiger partial charge is 0.426 e. The molecule has 2 unspecified atom stereocenters. The van der Waals surface area contributed by atoms with Gasteiger partial charge in [0.05, 0.1) is 0 Å². The van der Waals surface area contributed by atoms with E-state index in [1.165, 1.54) is 6.92 Å². The van der Waals surface area contributed by atoms with Crippen LogP contribution in [0.3, 0.4) is 0 Å². The fourth-order valence-electron chi connectivity index (χ4n) is 1.99. The summed E-state index contributed by atoms with van der Waals surface area (Å²) in [6.45, 7) is 4.51. The standard InChI is InChI=1S/C13H14F6O5/c1-6(2)9(21)22-5-8(20)23-10-7(3)4-11(24-10,12(14,15)16)13(17,18)19/h7,10H,1,4-5H2,2-3H3. The largest absolute Gasteiger partial charge is 0.450 e. The van der Waals surface area contributed by atoms with Crippen molar-refractivity contribution in [2.45, 2.75) is 44.5 Å². The molecule has 5 nitrogen and oxygen atoms in total. The van der Waals surface area contributed by atoms with Crippen molar-refractivity contribution in [1.82, 2.24) is 0 Å². The third-order valence-electron chi connectivity index (χ3n) is 3.22. The van der Waals surface area contributed by atoms with Crippen molar-refractivity contribution < 1.29 is 50.1 Å². The lowest BCUT2D eigenvalue weighted by Gasteiger charge is -2.32. The second kappa shape index (κ2) is 6.61. The molecule has 1 heterocycles. The molecule has 1 aliphatic heterocycles. The molecule has 0 bridgehead atoms. The first-order valence-electron chi connectivity index (χ1n) is 6.54. The molecule has 2 atom stereocenters. The van der Waals surface area contributed by atoms with Gasteiger partial charge in [-0.1, -0.05) is 13.5 Å². The lowest BCUT2D eigenvalue weighted by atomic mass is 9.93. The Kier molecular flexibility index (Phi) is 5.58. The van der Waals surface area contributed by atoms with Crippen molar-refractivity contribution >= 4 is 11.9 Å². The molecule has 0 aromatic carbocycles. The molecule has 0 saturated carbocycles. The quantitative estimate of drug-likeness (QED) is 0.436. The Morgan fingerprint density at radius 1 is 1.21 bits per heavy atom.